The highest BCUT2D eigenvalue weighted by molar-refractivity contribution is 6.30. The van der Waals surface area contributed by atoms with Gasteiger partial charge >= 0.3 is 6.18 Å². The number of rotatable bonds is 3. The number of alkyl halides is 3. The number of anilines is 1. The van der Waals surface area contributed by atoms with Gasteiger partial charge in [-0.1, -0.05) is 23.7 Å². The number of amides is 1. The van der Waals surface area contributed by atoms with E-state index in [1.807, 2.05) is 4.90 Å². The summed E-state index contributed by atoms with van der Waals surface area (Å²) in [4.78, 5) is 25.9. The van der Waals surface area contributed by atoms with Crippen LogP contribution in [0.15, 0.2) is 48.5 Å². The molecule has 7 nitrogen and oxygen atoms in total. The fraction of sp³-hybridized carbons (Fsp3) is 0.375. The molecule has 2 atom stereocenters. The molecule has 0 radical (unpaired) electrons. The second-order valence-corrected chi connectivity index (χ2v) is 9.20. The molecule has 0 saturated carbocycles. The lowest BCUT2D eigenvalue weighted by Gasteiger charge is -2.39. The second kappa shape index (κ2) is 9.25. The molecule has 2 aliphatic rings. The van der Waals surface area contributed by atoms with E-state index in [1.54, 1.807) is 53.4 Å². The average Bonchev–Trinajstić information content (AvgIpc) is 3.24. The van der Waals surface area contributed by atoms with Gasteiger partial charge in [0, 0.05) is 55.2 Å². The van der Waals surface area contributed by atoms with E-state index in [4.69, 9.17) is 11.6 Å². The Balaban J connectivity index is 1.29. The lowest BCUT2D eigenvalue weighted by atomic mass is 10.1. The van der Waals surface area contributed by atoms with Gasteiger partial charge in [-0.25, -0.2) is 9.97 Å². The molecule has 11 heteroatoms. The zero-order valence-electron chi connectivity index (χ0n) is 18.6. The van der Waals surface area contributed by atoms with Crippen molar-refractivity contribution in [3.63, 3.8) is 0 Å². The number of aromatic nitrogens is 2. The molecule has 3 heterocycles. The van der Waals surface area contributed by atoms with Gasteiger partial charge in [-0.15, -0.1) is 0 Å². The summed E-state index contributed by atoms with van der Waals surface area (Å²) in [5, 5.41) is 11.8. The number of aliphatic hydroxyl groups is 1. The van der Waals surface area contributed by atoms with Crippen LogP contribution in [0.5, 0.6) is 0 Å². The first-order valence-corrected chi connectivity index (χ1v) is 11.6. The fourth-order valence-electron chi connectivity index (χ4n) is 4.76. The number of hydrogen-bond acceptors (Lipinski definition) is 6. The monoisotopic (exact) mass is 505 g/mol. The van der Waals surface area contributed by atoms with Crippen molar-refractivity contribution in [1.82, 2.24) is 19.8 Å². The van der Waals surface area contributed by atoms with Crippen molar-refractivity contribution >= 4 is 34.2 Å². The molecule has 2 aromatic carbocycles. The predicted octanol–water partition coefficient (Wildman–Crippen LogP) is 3.31. The number of halogens is 4. The Morgan fingerprint density at radius 2 is 1.66 bits per heavy atom. The molecule has 35 heavy (non-hydrogen) atoms. The summed E-state index contributed by atoms with van der Waals surface area (Å²) in [5.41, 5.74) is 0.748. The number of piperazine rings is 1. The number of nitrogens with zero attached hydrogens (tertiary/aromatic N) is 5. The topological polar surface area (TPSA) is 72.8 Å². The molecule has 0 aliphatic carbocycles. The van der Waals surface area contributed by atoms with E-state index in [0.717, 1.165) is 0 Å². The molecule has 1 amide bonds. The molecule has 2 fully saturated rings. The molecule has 2 unspecified atom stereocenters. The van der Waals surface area contributed by atoms with Crippen molar-refractivity contribution in [2.24, 2.45) is 0 Å². The third-order valence-corrected chi connectivity index (χ3v) is 6.81. The molecule has 184 valence electrons. The number of para-hydroxylation sites is 1. The smallest absolute Gasteiger partial charge is 0.390 e. The zero-order valence-corrected chi connectivity index (χ0v) is 19.4. The van der Waals surface area contributed by atoms with Crippen molar-refractivity contribution in [3.8, 4) is 0 Å². The summed E-state index contributed by atoms with van der Waals surface area (Å²) in [6.07, 6.45) is -5.36. The van der Waals surface area contributed by atoms with Gasteiger partial charge in [0.25, 0.3) is 5.91 Å². The summed E-state index contributed by atoms with van der Waals surface area (Å²) in [7, 11) is 0. The highest BCUT2D eigenvalue weighted by atomic mass is 35.5. The average molecular weight is 506 g/mol. The van der Waals surface area contributed by atoms with Gasteiger partial charge in [0.15, 0.2) is 0 Å². The highest BCUT2D eigenvalue weighted by Crippen LogP contribution is 2.32. The molecule has 1 aromatic heterocycles. The number of aliphatic hydroxyl groups excluding tert-OH is 1. The van der Waals surface area contributed by atoms with Crippen LogP contribution in [0.25, 0.3) is 10.9 Å². The van der Waals surface area contributed by atoms with Crippen LogP contribution in [0.3, 0.4) is 0 Å². The first-order chi connectivity index (χ1) is 16.7. The highest BCUT2D eigenvalue weighted by Gasteiger charge is 2.40. The van der Waals surface area contributed by atoms with Crippen LogP contribution in [0.1, 0.15) is 16.2 Å². The largest absolute Gasteiger partial charge is 0.451 e. The number of carbonyl (C=O) groups excluding carboxylic acids is 1. The molecule has 2 aliphatic heterocycles. The number of likely N-dealkylation sites (tertiary alicyclic amines) is 1. The number of benzene rings is 2. The minimum Gasteiger partial charge on any atom is -0.390 e. The van der Waals surface area contributed by atoms with Crippen LogP contribution < -0.4 is 4.90 Å². The third kappa shape index (κ3) is 4.78. The number of carbonyl (C=O) groups is 1. The number of β-amino-alcohol motifs (C(OH)–C–C–N with tert-alkyl or cyclic N) is 1. The van der Waals surface area contributed by atoms with E-state index in [1.165, 1.54) is 0 Å². The summed E-state index contributed by atoms with van der Waals surface area (Å²) in [6.45, 7) is 2.50. The molecular formula is C24H23ClF3N5O2. The summed E-state index contributed by atoms with van der Waals surface area (Å²) < 4.78 is 40.2. The van der Waals surface area contributed by atoms with Crippen LogP contribution in [-0.2, 0) is 6.18 Å². The van der Waals surface area contributed by atoms with Gasteiger partial charge in [0.05, 0.1) is 17.7 Å². The normalized spacial score (nSPS) is 21.6. The zero-order chi connectivity index (χ0) is 24.7. The van der Waals surface area contributed by atoms with Crippen molar-refractivity contribution < 1.29 is 23.1 Å². The maximum Gasteiger partial charge on any atom is 0.451 e. The molecule has 5 rings (SSSR count). The quantitative estimate of drug-likeness (QED) is 0.589. The summed E-state index contributed by atoms with van der Waals surface area (Å²) in [6, 6.07) is 13.0. The van der Waals surface area contributed by atoms with E-state index in [0.29, 0.717) is 48.7 Å². The van der Waals surface area contributed by atoms with Crippen LogP contribution in [-0.4, -0.2) is 82.2 Å². The van der Waals surface area contributed by atoms with Gasteiger partial charge in [-0.3, -0.25) is 9.69 Å². The molecular weight excluding hydrogens is 483 g/mol. The third-order valence-electron chi connectivity index (χ3n) is 6.56. The Morgan fingerprint density at radius 1 is 0.971 bits per heavy atom. The van der Waals surface area contributed by atoms with Crippen LogP contribution in [0.4, 0.5) is 19.0 Å². The maximum absolute atomic E-state index is 13.4. The van der Waals surface area contributed by atoms with Crippen molar-refractivity contribution in [2.75, 3.05) is 44.2 Å². The Labute approximate surface area is 204 Å². The predicted molar refractivity (Wildman–Crippen MR) is 125 cm³/mol. The number of hydrogen-bond donors (Lipinski definition) is 1. The standard InChI is InChI=1S/C24H23ClF3N5O2/c25-16-7-5-15(6-8-16)22(35)33-13-19(20(34)14-33)31-9-11-32(12-10-31)21-17-3-1-2-4-18(17)29-23(30-21)24(26,27)28/h1-8,19-20,34H,9-14H2. The maximum atomic E-state index is 13.4. The second-order valence-electron chi connectivity index (χ2n) is 8.76. The molecule has 0 bridgehead atoms. The lowest BCUT2D eigenvalue weighted by Crippen LogP contribution is -2.54. The minimum absolute atomic E-state index is 0.172. The Morgan fingerprint density at radius 3 is 2.34 bits per heavy atom. The fourth-order valence-corrected chi connectivity index (χ4v) is 4.89. The minimum atomic E-state index is -4.64. The van der Waals surface area contributed by atoms with Crippen LogP contribution in [0.2, 0.25) is 5.02 Å². The van der Waals surface area contributed by atoms with E-state index in [2.05, 4.69) is 14.9 Å². The molecule has 3 aromatic rings. The molecule has 1 N–H and O–H groups in total. The Bertz CT molecular complexity index is 1230. The SMILES string of the molecule is O=C(c1ccc(Cl)cc1)N1CC(O)C(N2CCN(c3nc(C(F)(F)F)nc4ccccc34)CC2)C1. The Hall–Kier alpha value is -2.95. The van der Waals surface area contributed by atoms with E-state index < -0.39 is 18.1 Å². The summed E-state index contributed by atoms with van der Waals surface area (Å²) in [5.74, 6) is -1.07. The van der Waals surface area contributed by atoms with E-state index in [9.17, 15) is 23.1 Å². The first kappa shape index (κ1) is 23.8. The van der Waals surface area contributed by atoms with E-state index in [-0.39, 0.29) is 29.8 Å². The van der Waals surface area contributed by atoms with Gasteiger partial charge in [-0.2, -0.15) is 13.2 Å². The lowest BCUT2D eigenvalue weighted by molar-refractivity contribution is -0.144. The van der Waals surface area contributed by atoms with Crippen molar-refractivity contribution in [2.45, 2.75) is 18.3 Å². The van der Waals surface area contributed by atoms with Gasteiger partial charge < -0.3 is 14.9 Å². The molecule has 0 spiro atoms. The van der Waals surface area contributed by atoms with Gasteiger partial charge in [-0.05, 0) is 36.4 Å². The van der Waals surface area contributed by atoms with Crippen LogP contribution >= 0.6 is 11.6 Å². The molecule has 2 saturated heterocycles. The van der Waals surface area contributed by atoms with Crippen molar-refractivity contribution in [3.05, 3.63) is 64.9 Å². The summed E-state index contributed by atoms with van der Waals surface area (Å²) >= 11 is 5.90. The van der Waals surface area contributed by atoms with Crippen molar-refractivity contribution in [1.29, 1.82) is 0 Å². The first-order valence-electron chi connectivity index (χ1n) is 11.3. The van der Waals surface area contributed by atoms with Gasteiger partial charge in [0.2, 0.25) is 5.82 Å². The Kier molecular flexibility index (Phi) is 6.29. The van der Waals surface area contributed by atoms with Crippen LogP contribution in [0, 0.1) is 0 Å². The van der Waals surface area contributed by atoms with Gasteiger partial charge in [0.1, 0.15) is 5.82 Å². The number of fused-ring (bicyclic) bond motifs is 1. The van der Waals surface area contributed by atoms with E-state index >= 15 is 0 Å².